The van der Waals surface area contributed by atoms with Crippen molar-refractivity contribution in [3.05, 3.63) is 87.7 Å². The minimum absolute atomic E-state index is 0.00879. The summed E-state index contributed by atoms with van der Waals surface area (Å²) in [6.07, 6.45) is 2.39. The molecular weight excluding hydrogens is 324 g/mol. The highest BCUT2D eigenvalue weighted by molar-refractivity contribution is 6.16. The third kappa shape index (κ3) is 2.73. The highest BCUT2D eigenvalue weighted by Crippen LogP contribution is 2.34. The van der Waals surface area contributed by atoms with Gasteiger partial charge in [-0.2, -0.15) is 5.10 Å². The van der Waals surface area contributed by atoms with Crippen molar-refractivity contribution in [3.8, 4) is 5.75 Å². The number of phenols is 1. The molecule has 0 amide bonds. The number of carbonyl (C=O) groups is 1. The van der Waals surface area contributed by atoms with E-state index in [1.807, 2.05) is 42.8 Å². The average molecular weight is 344 g/mol. The molecule has 0 radical (unpaired) electrons. The number of ketones is 1. The lowest BCUT2D eigenvalue weighted by Crippen LogP contribution is -2.04. The van der Waals surface area contributed by atoms with Crippen molar-refractivity contribution in [2.24, 2.45) is 0 Å². The van der Waals surface area contributed by atoms with E-state index in [0.717, 1.165) is 22.5 Å². The van der Waals surface area contributed by atoms with E-state index in [4.69, 9.17) is 0 Å². The van der Waals surface area contributed by atoms with E-state index >= 15 is 0 Å². The molecule has 0 saturated carbocycles. The number of benzene rings is 2. The molecule has 1 aromatic heterocycles. The summed E-state index contributed by atoms with van der Waals surface area (Å²) in [4.78, 5) is 12.7. The smallest absolute Gasteiger partial charge is 0.189 e. The van der Waals surface area contributed by atoms with Gasteiger partial charge in [0.2, 0.25) is 0 Å². The van der Waals surface area contributed by atoms with Crippen LogP contribution in [0.1, 0.15) is 38.4 Å². The number of allylic oxidation sites excluding steroid dienone is 1. The number of phenolic OH excluding ortho intramolecular Hbond substituents is 1. The van der Waals surface area contributed by atoms with Crippen LogP contribution in [0.5, 0.6) is 5.75 Å². The monoisotopic (exact) mass is 344 g/mol. The standard InChI is InChI=1S/C22H20N2O2/c1-14-19(15(2)24(23-14)13-16-7-4-3-5-8-16)11-17-12-20-18(22(17)26)9-6-10-21(20)25/h3-11,25H,12-13H2,1-2H3/b17-11-. The van der Waals surface area contributed by atoms with Gasteiger partial charge in [0.05, 0.1) is 12.2 Å². The normalized spacial score (nSPS) is 14.8. The van der Waals surface area contributed by atoms with Crippen molar-refractivity contribution in [3.63, 3.8) is 0 Å². The number of hydrogen-bond acceptors (Lipinski definition) is 3. The van der Waals surface area contributed by atoms with Crippen LogP contribution in [0.3, 0.4) is 0 Å². The average Bonchev–Trinajstić information content (AvgIpc) is 3.09. The molecule has 26 heavy (non-hydrogen) atoms. The maximum atomic E-state index is 12.7. The quantitative estimate of drug-likeness (QED) is 0.729. The third-order valence-electron chi connectivity index (χ3n) is 4.99. The Morgan fingerprint density at radius 3 is 2.62 bits per heavy atom. The first kappa shape index (κ1) is 16.3. The minimum atomic E-state index is -0.00879. The molecule has 4 heteroatoms. The zero-order chi connectivity index (χ0) is 18.3. The Bertz CT molecular complexity index is 1030. The summed E-state index contributed by atoms with van der Waals surface area (Å²) < 4.78 is 1.97. The molecule has 1 aliphatic carbocycles. The number of carbonyl (C=O) groups excluding carboxylic acids is 1. The zero-order valence-corrected chi connectivity index (χ0v) is 14.9. The third-order valence-corrected chi connectivity index (χ3v) is 4.99. The number of fused-ring (bicyclic) bond motifs is 1. The van der Waals surface area contributed by atoms with Crippen LogP contribution in [0.15, 0.2) is 54.1 Å². The molecule has 0 atom stereocenters. The summed E-state index contributed by atoms with van der Waals surface area (Å²) in [5, 5.41) is 14.7. The maximum absolute atomic E-state index is 12.7. The Labute approximate surface area is 152 Å². The van der Waals surface area contributed by atoms with Crippen molar-refractivity contribution >= 4 is 11.9 Å². The molecule has 0 fully saturated rings. The van der Waals surface area contributed by atoms with Crippen LogP contribution in [-0.2, 0) is 13.0 Å². The van der Waals surface area contributed by atoms with Gasteiger partial charge in [0.15, 0.2) is 5.78 Å². The van der Waals surface area contributed by atoms with Crippen LogP contribution in [0.4, 0.5) is 0 Å². The Kier molecular flexibility index (Phi) is 3.96. The lowest BCUT2D eigenvalue weighted by Gasteiger charge is -2.05. The summed E-state index contributed by atoms with van der Waals surface area (Å²) in [5.74, 6) is 0.179. The highest BCUT2D eigenvalue weighted by Gasteiger charge is 2.27. The van der Waals surface area contributed by atoms with E-state index in [-0.39, 0.29) is 11.5 Å². The van der Waals surface area contributed by atoms with Gasteiger partial charge in [0.1, 0.15) is 5.75 Å². The van der Waals surface area contributed by atoms with Crippen molar-refractivity contribution in [2.45, 2.75) is 26.8 Å². The fourth-order valence-electron chi connectivity index (χ4n) is 3.54. The van der Waals surface area contributed by atoms with E-state index in [0.29, 0.717) is 24.1 Å². The first-order valence-electron chi connectivity index (χ1n) is 8.68. The van der Waals surface area contributed by atoms with Gasteiger partial charge in [-0.3, -0.25) is 9.48 Å². The number of hydrogen-bond donors (Lipinski definition) is 1. The van der Waals surface area contributed by atoms with Gasteiger partial charge in [-0.1, -0.05) is 42.5 Å². The van der Waals surface area contributed by atoms with Crippen molar-refractivity contribution < 1.29 is 9.90 Å². The van der Waals surface area contributed by atoms with Crippen LogP contribution in [0, 0.1) is 13.8 Å². The van der Waals surface area contributed by atoms with Crippen LogP contribution < -0.4 is 0 Å². The second kappa shape index (κ2) is 6.30. The van der Waals surface area contributed by atoms with Gasteiger partial charge in [-0.25, -0.2) is 0 Å². The number of rotatable bonds is 3. The number of nitrogens with zero attached hydrogens (tertiary/aromatic N) is 2. The summed E-state index contributed by atoms with van der Waals surface area (Å²) in [7, 11) is 0. The van der Waals surface area contributed by atoms with Gasteiger partial charge in [0.25, 0.3) is 0 Å². The molecular formula is C22H20N2O2. The summed E-state index contributed by atoms with van der Waals surface area (Å²) in [6.45, 7) is 4.69. The van der Waals surface area contributed by atoms with Crippen LogP contribution in [-0.4, -0.2) is 20.7 Å². The molecule has 2 aromatic carbocycles. The Hall–Kier alpha value is -3.14. The van der Waals surface area contributed by atoms with Gasteiger partial charge < -0.3 is 5.11 Å². The Morgan fingerprint density at radius 1 is 1.12 bits per heavy atom. The van der Waals surface area contributed by atoms with E-state index < -0.39 is 0 Å². The molecule has 4 nitrogen and oxygen atoms in total. The van der Waals surface area contributed by atoms with Crippen LogP contribution >= 0.6 is 0 Å². The first-order chi connectivity index (χ1) is 12.5. The van der Waals surface area contributed by atoms with E-state index in [1.54, 1.807) is 18.2 Å². The molecule has 1 aliphatic rings. The lowest BCUT2D eigenvalue weighted by atomic mass is 10.1. The predicted octanol–water partition coefficient (Wildman–Crippen LogP) is 4.08. The van der Waals surface area contributed by atoms with Gasteiger partial charge in [0, 0.05) is 34.4 Å². The largest absolute Gasteiger partial charge is 0.508 e. The van der Waals surface area contributed by atoms with Crippen LogP contribution in [0.2, 0.25) is 0 Å². The lowest BCUT2D eigenvalue weighted by molar-refractivity contribution is 0.104. The van der Waals surface area contributed by atoms with E-state index in [2.05, 4.69) is 17.2 Å². The number of aromatic hydroxyl groups is 1. The van der Waals surface area contributed by atoms with Crippen molar-refractivity contribution in [1.29, 1.82) is 0 Å². The summed E-state index contributed by atoms with van der Waals surface area (Å²) in [5.41, 5.74) is 6.12. The molecule has 4 rings (SSSR count). The van der Waals surface area contributed by atoms with Gasteiger partial charge in [-0.15, -0.1) is 0 Å². The first-order valence-corrected chi connectivity index (χ1v) is 8.68. The fraction of sp³-hybridized carbons (Fsp3) is 0.182. The van der Waals surface area contributed by atoms with Gasteiger partial charge >= 0.3 is 0 Å². The summed E-state index contributed by atoms with van der Waals surface area (Å²) in [6, 6.07) is 15.3. The van der Waals surface area contributed by atoms with Crippen LogP contribution in [0.25, 0.3) is 6.08 Å². The second-order valence-corrected chi connectivity index (χ2v) is 6.71. The zero-order valence-electron chi connectivity index (χ0n) is 14.9. The summed E-state index contributed by atoms with van der Waals surface area (Å²) >= 11 is 0. The number of Topliss-reactive ketones (excluding diaryl/α,β-unsaturated/α-hetero) is 1. The fourth-order valence-corrected chi connectivity index (χ4v) is 3.54. The minimum Gasteiger partial charge on any atom is -0.508 e. The molecule has 0 bridgehead atoms. The number of aryl methyl sites for hydroxylation is 1. The van der Waals surface area contributed by atoms with Crippen molar-refractivity contribution in [2.75, 3.05) is 0 Å². The van der Waals surface area contributed by atoms with Gasteiger partial charge in [-0.05, 0) is 31.6 Å². The molecule has 0 spiro atoms. The molecule has 130 valence electrons. The van der Waals surface area contributed by atoms with E-state index in [9.17, 15) is 9.90 Å². The van der Waals surface area contributed by atoms with E-state index in [1.165, 1.54) is 5.56 Å². The molecule has 3 aromatic rings. The molecule has 1 heterocycles. The second-order valence-electron chi connectivity index (χ2n) is 6.71. The highest BCUT2D eigenvalue weighted by atomic mass is 16.3. The molecule has 1 N–H and O–H groups in total. The maximum Gasteiger partial charge on any atom is 0.189 e. The SMILES string of the molecule is Cc1nn(Cc2ccccc2)c(C)c1/C=C1/Cc2c(O)cccc2C1=O. The molecule has 0 aliphatic heterocycles. The molecule has 0 unspecified atom stereocenters. The molecule has 0 saturated heterocycles. The van der Waals surface area contributed by atoms with Crippen molar-refractivity contribution in [1.82, 2.24) is 9.78 Å². The topological polar surface area (TPSA) is 55.1 Å². The number of aromatic nitrogens is 2. The Morgan fingerprint density at radius 2 is 1.88 bits per heavy atom. The Balaban J connectivity index is 1.69. The predicted molar refractivity (Wildman–Crippen MR) is 101 cm³/mol.